The minimum absolute atomic E-state index is 0.534. The van der Waals surface area contributed by atoms with Gasteiger partial charge in [-0.05, 0) is 44.2 Å². The molecule has 0 saturated heterocycles. The molecule has 7 heteroatoms. The molecule has 0 saturated carbocycles. The lowest BCUT2D eigenvalue weighted by Gasteiger charge is -2.00. The Balaban J connectivity index is 1.69. The lowest BCUT2D eigenvalue weighted by Crippen LogP contribution is -1.93. The third-order valence-electron chi connectivity index (χ3n) is 3.10. The standard InChI is InChI=1S/C16H16N4O2S/c1-10-8-11(2)18-16(17-10)23-9-14-19-15(20-22-14)12-4-6-13(21-3)7-5-12/h4-8H,9H2,1-3H3. The summed E-state index contributed by atoms with van der Waals surface area (Å²) in [6.45, 7) is 3.90. The van der Waals surface area contributed by atoms with Crippen LogP contribution in [0.4, 0.5) is 0 Å². The van der Waals surface area contributed by atoms with Crippen LogP contribution < -0.4 is 4.74 Å². The molecule has 3 rings (SSSR count). The van der Waals surface area contributed by atoms with Crippen LogP contribution in [0.25, 0.3) is 11.4 Å². The zero-order chi connectivity index (χ0) is 16.2. The molecule has 0 atom stereocenters. The molecule has 0 amide bonds. The van der Waals surface area contributed by atoms with Crippen LogP contribution in [-0.4, -0.2) is 27.2 Å². The molecule has 0 aliphatic carbocycles. The molecule has 23 heavy (non-hydrogen) atoms. The normalized spacial score (nSPS) is 10.7. The molecule has 0 aliphatic heterocycles. The summed E-state index contributed by atoms with van der Waals surface area (Å²) in [6, 6.07) is 9.47. The average molecular weight is 328 g/mol. The van der Waals surface area contributed by atoms with Gasteiger partial charge in [0.15, 0.2) is 5.16 Å². The topological polar surface area (TPSA) is 73.9 Å². The van der Waals surface area contributed by atoms with E-state index in [4.69, 9.17) is 9.26 Å². The van der Waals surface area contributed by atoms with Crippen molar-refractivity contribution in [3.63, 3.8) is 0 Å². The maximum atomic E-state index is 5.29. The van der Waals surface area contributed by atoms with E-state index in [2.05, 4.69) is 20.1 Å². The molecule has 0 N–H and O–H groups in total. The van der Waals surface area contributed by atoms with Crippen LogP contribution in [0.15, 0.2) is 40.0 Å². The molecule has 118 valence electrons. The van der Waals surface area contributed by atoms with Crippen molar-refractivity contribution in [2.45, 2.75) is 24.8 Å². The molecule has 2 aromatic heterocycles. The number of aromatic nitrogens is 4. The number of aryl methyl sites for hydroxylation is 2. The van der Waals surface area contributed by atoms with E-state index in [1.807, 2.05) is 44.2 Å². The van der Waals surface area contributed by atoms with Crippen molar-refractivity contribution >= 4 is 11.8 Å². The maximum Gasteiger partial charge on any atom is 0.237 e. The van der Waals surface area contributed by atoms with E-state index >= 15 is 0 Å². The van der Waals surface area contributed by atoms with Gasteiger partial charge >= 0.3 is 0 Å². The smallest absolute Gasteiger partial charge is 0.237 e. The molecule has 1 aromatic carbocycles. The van der Waals surface area contributed by atoms with Gasteiger partial charge in [0.2, 0.25) is 11.7 Å². The molecule has 0 spiro atoms. The molecule has 0 fully saturated rings. The first kappa shape index (κ1) is 15.5. The second kappa shape index (κ2) is 6.78. The van der Waals surface area contributed by atoms with Gasteiger partial charge in [-0.25, -0.2) is 9.97 Å². The molecule has 2 heterocycles. The Morgan fingerprint density at radius 2 is 1.74 bits per heavy atom. The van der Waals surface area contributed by atoms with E-state index in [1.54, 1.807) is 7.11 Å². The van der Waals surface area contributed by atoms with Gasteiger partial charge in [-0.15, -0.1) is 0 Å². The number of hydrogen-bond acceptors (Lipinski definition) is 7. The largest absolute Gasteiger partial charge is 0.497 e. The van der Waals surface area contributed by atoms with E-state index in [-0.39, 0.29) is 0 Å². The van der Waals surface area contributed by atoms with Gasteiger partial charge < -0.3 is 9.26 Å². The number of hydrogen-bond donors (Lipinski definition) is 0. The number of thioether (sulfide) groups is 1. The third kappa shape index (κ3) is 3.87. The van der Waals surface area contributed by atoms with E-state index in [1.165, 1.54) is 11.8 Å². The van der Waals surface area contributed by atoms with Gasteiger partial charge in [-0.3, -0.25) is 0 Å². The number of nitrogens with zero attached hydrogens (tertiary/aromatic N) is 4. The Labute approximate surface area is 138 Å². The summed E-state index contributed by atoms with van der Waals surface area (Å²) in [4.78, 5) is 13.2. The van der Waals surface area contributed by atoms with Crippen LogP contribution in [0.5, 0.6) is 5.75 Å². The molecule has 0 bridgehead atoms. The van der Waals surface area contributed by atoms with Crippen molar-refractivity contribution < 1.29 is 9.26 Å². The predicted molar refractivity (Wildman–Crippen MR) is 87.4 cm³/mol. The fourth-order valence-corrected chi connectivity index (χ4v) is 2.84. The van der Waals surface area contributed by atoms with E-state index in [0.717, 1.165) is 22.7 Å². The molecular weight excluding hydrogens is 312 g/mol. The second-order valence-electron chi connectivity index (χ2n) is 4.96. The van der Waals surface area contributed by atoms with Crippen LogP contribution in [0.3, 0.4) is 0 Å². The van der Waals surface area contributed by atoms with Crippen molar-refractivity contribution in [3.8, 4) is 17.1 Å². The molecular formula is C16H16N4O2S. The molecule has 0 aliphatic rings. The Morgan fingerprint density at radius 3 is 2.39 bits per heavy atom. The summed E-state index contributed by atoms with van der Waals surface area (Å²) in [5.74, 6) is 2.43. The monoisotopic (exact) mass is 328 g/mol. The Morgan fingerprint density at radius 1 is 1.04 bits per heavy atom. The Kier molecular flexibility index (Phi) is 4.57. The molecule has 0 unspecified atom stereocenters. The van der Waals surface area contributed by atoms with Gasteiger partial charge in [0.1, 0.15) is 5.75 Å². The highest BCUT2D eigenvalue weighted by Gasteiger charge is 2.10. The van der Waals surface area contributed by atoms with Crippen LogP contribution >= 0.6 is 11.8 Å². The van der Waals surface area contributed by atoms with Gasteiger partial charge in [0.05, 0.1) is 12.9 Å². The van der Waals surface area contributed by atoms with Crippen LogP contribution in [0, 0.1) is 13.8 Å². The van der Waals surface area contributed by atoms with Crippen LogP contribution in [0.2, 0.25) is 0 Å². The zero-order valence-electron chi connectivity index (χ0n) is 13.1. The first-order valence-corrected chi connectivity index (χ1v) is 8.04. The number of ether oxygens (including phenoxy) is 1. The third-order valence-corrected chi connectivity index (χ3v) is 3.93. The second-order valence-corrected chi connectivity index (χ2v) is 5.90. The number of methoxy groups -OCH3 is 1. The first-order chi connectivity index (χ1) is 11.1. The van der Waals surface area contributed by atoms with Crippen molar-refractivity contribution in [1.29, 1.82) is 0 Å². The fourth-order valence-electron chi connectivity index (χ4n) is 2.06. The average Bonchev–Trinajstić information content (AvgIpc) is 3.01. The zero-order valence-corrected chi connectivity index (χ0v) is 13.9. The minimum Gasteiger partial charge on any atom is -0.497 e. The maximum absolute atomic E-state index is 5.29. The summed E-state index contributed by atoms with van der Waals surface area (Å²) >= 11 is 1.48. The Hall–Kier alpha value is -2.41. The van der Waals surface area contributed by atoms with Gasteiger partial charge in [0.25, 0.3) is 0 Å². The lowest BCUT2D eigenvalue weighted by atomic mass is 10.2. The van der Waals surface area contributed by atoms with Crippen molar-refractivity contribution in [1.82, 2.24) is 20.1 Å². The number of benzene rings is 1. The number of rotatable bonds is 5. The van der Waals surface area contributed by atoms with E-state index < -0.39 is 0 Å². The van der Waals surface area contributed by atoms with Gasteiger partial charge in [-0.2, -0.15) is 4.98 Å². The highest BCUT2D eigenvalue weighted by Crippen LogP contribution is 2.23. The van der Waals surface area contributed by atoms with Crippen molar-refractivity contribution in [2.24, 2.45) is 0 Å². The highest BCUT2D eigenvalue weighted by molar-refractivity contribution is 7.98. The first-order valence-electron chi connectivity index (χ1n) is 7.06. The summed E-state index contributed by atoms with van der Waals surface area (Å²) < 4.78 is 10.4. The summed E-state index contributed by atoms with van der Waals surface area (Å²) in [7, 11) is 1.63. The van der Waals surface area contributed by atoms with Gasteiger partial charge in [-0.1, -0.05) is 16.9 Å². The SMILES string of the molecule is COc1ccc(-c2noc(CSc3nc(C)cc(C)n3)n2)cc1. The lowest BCUT2D eigenvalue weighted by molar-refractivity contribution is 0.391. The predicted octanol–water partition coefficient (Wildman–Crippen LogP) is 3.44. The molecule has 0 radical (unpaired) electrons. The Bertz CT molecular complexity index is 782. The molecule has 3 aromatic rings. The minimum atomic E-state index is 0.534. The van der Waals surface area contributed by atoms with Crippen LogP contribution in [0.1, 0.15) is 17.3 Å². The van der Waals surface area contributed by atoms with E-state index in [0.29, 0.717) is 22.6 Å². The van der Waals surface area contributed by atoms with E-state index in [9.17, 15) is 0 Å². The summed E-state index contributed by atoms with van der Waals surface area (Å²) in [6.07, 6.45) is 0. The van der Waals surface area contributed by atoms with Crippen molar-refractivity contribution in [3.05, 3.63) is 47.6 Å². The van der Waals surface area contributed by atoms with Crippen LogP contribution in [-0.2, 0) is 5.75 Å². The van der Waals surface area contributed by atoms with Crippen molar-refractivity contribution in [2.75, 3.05) is 7.11 Å². The fraction of sp³-hybridized carbons (Fsp3) is 0.250. The highest BCUT2D eigenvalue weighted by atomic mass is 32.2. The van der Waals surface area contributed by atoms with Gasteiger partial charge in [0, 0.05) is 17.0 Å². The summed E-state index contributed by atoms with van der Waals surface area (Å²) in [5, 5.41) is 4.72. The summed E-state index contributed by atoms with van der Waals surface area (Å²) in [5.41, 5.74) is 2.78. The molecule has 6 nitrogen and oxygen atoms in total. The quantitative estimate of drug-likeness (QED) is 0.524.